The molecule has 0 spiro atoms. The van der Waals surface area contributed by atoms with Crippen LogP contribution in [0.4, 0.5) is 0 Å². The summed E-state index contributed by atoms with van der Waals surface area (Å²) in [6.07, 6.45) is 62.4. The fourth-order valence-electron chi connectivity index (χ4n) is 8.35. The maximum Gasteiger partial charge on any atom is 0.472 e. The van der Waals surface area contributed by atoms with E-state index >= 15 is 0 Å². The summed E-state index contributed by atoms with van der Waals surface area (Å²) in [6.45, 7) is 4.83. The lowest BCUT2D eigenvalue weighted by Crippen LogP contribution is -2.45. The topological polar surface area (TPSA) is 105 Å². The fraction of sp³-hybridized carbons (Fsp3) is 0.877. The monoisotopic (exact) mass is 952 g/mol. The highest BCUT2D eigenvalue weighted by atomic mass is 31.2. The molecule has 0 saturated heterocycles. The smallest absolute Gasteiger partial charge is 0.387 e. The van der Waals surface area contributed by atoms with Gasteiger partial charge in [0.15, 0.2) is 0 Å². The van der Waals surface area contributed by atoms with Crippen LogP contribution in [0.1, 0.15) is 271 Å². The Balaban J connectivity index is 4.26. The van der Waals surface area contributed by atoms with Gasteiger partial charge in [0.2, 0.25) is 5.91 Å². The van der Waals surface area contributed by atoms with Gasteiger partial charge in [-0.25, -0.2) is 4.57 Å². The third-order valence-corrected chi connectivity index (χ3v) is 13.8. The number of carbonyl (C=O) groups excluding carboxylic acids is 1. The SMILES string of the molecule is CCCCCCCCCCCCCC/C=C\CCCCCCCCCCC(=O)NC(COP(=O)(O)OCC[N+](C)(C)C)C(O)/C=C/CC/C=C/CCCCCCCCCCCCCCCC. The van der Waals surface area contributed by atoms with Gasteiger partial charge in [0, 0.05) is 6.42 Å². The van der Waals surface area contributed by atoms with Gasteiger partial charge in [0.05, 0.1) is 39.9 Å². The molecule has 0 bridgehead atoms. The predicted octanol–water partition coefficient (Wildman–Crippen LogP) is 17.0. The standard InChI is InChI=1S/C57H111N2O6P/c1-6-8-10-12-14-16-18-20-22-24-26-28-29-30-31-33-35-37-39-41-43-45-47-49-51-57(61)58-55(54-65-66(62,63)64-53-52-59(3,4)5)56(60)50-48-46-44-42-40-38-36-34-32-27-25-23-21-19-17-15-13-11-9-7-2/h30-31,40,42,48,50,55-56,60H,6-29,32-39,41,43-47,49,51-54H2,1-5H3,(H-,58,61,62,63)/p+1/b31-30-,42-40+,50-48+. The minimum absolute atomic E-state index is 0.0561. The second-order valence-electron chi connectivity index (χ2n) is 20.7. The van der Waals surface area contributed by atoms with Crippen LogP contribution < -0.4 is 5.32 Å². The van der Waals surface area contributed by atoms with Crippen molar-refractivity contribution in [3.63, 3.8) is 0 Å². The van der Waals surface area contributed by atoms with Crippen LogP contribution in [0.3, 0.4) is 0 Å². The minimum atomic E-state index is -4.35. The Morgan fingerprint density at radius 1 is 0.500 bits per heavy atom. The molecule has 3 atom stereocenters. The Morgan fingerprint density at radius 3 is 1.21 bits per heavy atom. The summed E-state index contributed by atoms with van der Waals surface area (Å²) in [5, 5.41) is 13.9. The number of unbranched alkanes of at least 4 members (excludes halogenated alkanes) is 35. The van der Waals surface area contributed by atoms with Crippen LogP contribution in [0.15, 0.2) is 36.5 Å². The number of nitrogens with zero attached hydrogens (tertiary/aromatic N) is 1. The van der Waals surface area contributed by atoms with E-state index in [1.165, 1.54) is 212 Å². The van der Waals surface area contributed by atoms with Gasteiger partial charge in [-0.05, 0) is 57.8 Å². The largest absolute Gasteiger partial charge is 0.472 e. The average molecular weight is 953 g/mol. The number of hydrogen-bond acceptors (Lipinski definition) is 5. The van der Waals surface area contributed by atoms with Gasteiger partial charge in [-0.3, -0.25) is 13.8 Å². The van der Waals surface area contributed by atoms with E-state index in [-0.39, 0.29) is 19.1 Å². The number of carbonyl (C=O) groups is 1. The number of aliphatic hydroxyl groups excluding tert-OH is 1. The van der Waals surface area contributed by atoms with Gasteiger partial charge in [-0.15, -0.1) is 0 Å². The second kappa shape index (κ2) is 48.7. The zero-order valence-electron chi connectivity index (χ0n) is 44.4. The number of quaternary nitrogens is 1. The number of nitrogens with one attached hydrogen (secondary N) is 1. The normalized spacial score (nSPS) is 14.2. The number of phosphoric acid groups is 1. The summed E-state index contributed by atoms with van der Waals surface area (Å²) in [6, 6.07) is -0.865. The summed E-state index contributed by atoms with van der Waals surface area (Å²) in [5.41, 5.74) is 0. The first-order valence-electron chi connectivity index (χ1n) is 28.4. The number of aliphatic hydroxyl groups is 1. The third kappa shape index (κ3) is 50.6. The zero-order valence-corrected chi connectivity index (χ0v) is 45.3. The zero-order chi connectivity index (χ0) is 48.5. The van der Waals surface area contributed by atoms with Crippen LogP contribution in [-0.2, 0) is 18.4 Å². The first-order chi connectivity index (χ1) is 32.0. The minimum Gasteiger partial charge on any atom is -0.387 e. The molecule has 8 nitrogen and oxygen atoms in total. The maximum atomic E-state index is 13.0. The molecule has 0 aromatic heterocycles. The Labute approximate surface area is 410 Å². The van der Waals surface area contributed by atoms with Crippen molar-refractivity contribution in [2.45, 2.75) is 283 Å². The van der Waals surface area contributed by atoms with Gasteiger partial charge in [0.1, 0.15) is 13.2 Å². The number of allylic oxidation sites excluding steroid dienone is 5. The highest BCUT2D eigenvalue weighted by Gasteiger charge is 2.27. The summed E-state index contributed by atoms with van der Waals surface area (Å²) < 4.78 is 23.7. The van der Waals surface area contributed by atoms with Gasteiger partial charge in [0.25, 0.3) is 0 Å². The summed E-state index contributed by atoms with van der Waals surface area (Å²) in [7, 11) is 1.56. The molecule has 0 fully saturated rings. The molecule has 0 radical (unpaired) electrons. The van der Waals surface area contributed by atoms with Gasteiger partial charge in [-0.2, -0.15) is 0 Å². The Morgan fingerprint density at radius 2 is 0.833 bits per heavy atom. The number of amides is 1. The molecule has 3 unspecified atom stereocenters. The number of phosphoric ester groups is 1. The van der Waals surface area contributed by atoms with Crippen LogP contribution in [0.5, 0.6) is 0 Å². The molecule has 0 aromatic rings. The molecule has 0 heterocycles. The maximum absolute atomic E-state index is 13.0. The first-order valence-corrected chi connectivity index (χ1v) is 29.9. The Hall–Kier alpha value is -1.28. The number of rotatable bonds is 52. The van der Waals surface area contributed by atoms with Gasteiger partial charge >= 0.3 is 7.82 Å². The summed E-state index contributed by atoms with van der Waals surface area (Å²) in [4.78, 5) is 23.3. The van der Waals surface area contributed by atoms with E-state index in [2.05, 4.69) is 43.5 Å². The Bertz CT molecular complexity index is 1170. The summed E-state index contributed by atoms with van der Waals surface area (Å²) >= 11 is 0. The molecular formula is C57H112N2O6P+. The van der Waals surface area contributed by atoms with Crippen molar-refractivity contribution in [1.82, 2.24) is 5.32 Å². The fourth-order valence-corrected chi connectivity index (χ4v) is 9.08. The molecule has 66 heavy (non-hydrogen) atoms. The van der Waals surface area contributed by atoms with Crippen molar-refractivity contribution in [3.05, 3.63) is 36.5 Å². The number of likely N-dealkylation sites (N-methyl/N-ethyl adjacent to an activating group) is 1. The van der Waals surface area contributed by atoms with E-state index in [1.807, 2.05) is 27.2 Å². The molecular weight excluding hydrogens is 840 g/mol. The van der Waals surface area contributed by atoms with Crippen molar-refractivity contribution in [2.75, 3.05) is 40.9 Å². The molecule has 0 rings (SSSR count). The quantitative estimate of drug-likeness (QED) is 0.0243. The van der Waals surface area contributed by atoms with Crippen molar-refractivity contribution < 1.29 is 32.9 Å². The van der Waals surface area contributed by atoms with E-state index in [0.29, 0.717) is 17.4 Å². The average Bonchev–Trinajstić information content (AvgIpc) is 3.28. The van der Waals surface area contributed by atoms with Crippen LogP contribution in [0, 0.1) is 0 Å². The molecule has 9 heteroatoms. The molecule has 0 aliphatic rings. The van der Waals surface area contributed by atoms with Crippen molar-refractivity contribution in [2.24, 2.45) is 0 Å². The first kappa shape index (κ1) is 64.7. The lowest BCUT2D eigenvalue weighted by atomic mass is 10.0. The van der Waals surface area contributed by atoms with Gasteiger partial charge in [-0.1, -0.05) is 243 Å². The van der Waals surface area contributed by atoms with E-state index < -0.39 is 20.0 Å². The lowest BCUT2D eigenvalue weighted by molar-refractivity contribution is -0.870. The molecule has 390 valence electrons. The molecule has 0 aromatic carbocycles. The van der Waals surface area contributed by atoms with Crippen molar-refractivity contribution in [1.29, 1.82) is 0 Å². The highest BCUT2D eigenvalue weighted by Crippen LogP contribution is 2.43. The predicted molar refractivity (Wildman–Crippen MR) is 286 cm³/mol. The van der Waals surface area contributed by atoms with Crippen molar-refractivity contribution in [3.8, 4) is 0 Å². The van der Waals surface area contributed by atoms with E-state index in [1.54, 1.807) is 6.08 Å². The second-order valence-corrected chi connectivity index (χ2v) is 22.1. The molecule has 0 aliphatic heterocycles. The van der Waals surface area contributed by atoms with Gasteiger partial charge < -0.3 is 19.8 Å². The summed E-state index contributed by atoms with van der Waals surface area (Å²) in [5.74, 6) is -0.187. The number of hydrogen-bond donors (Lipinski definition) is 3. The highest BCUT2D eigenvalue weighted by molar-refractivity contribution is 7.47. The molecule has 0 saturated carbocycles. The van der Waals surface area contributed by atoms with E-state index in [0.717, 1.165) is 38.5 Å². The van der Waals surface area contributed by atoms with Crippen LogP contribution in [0.25, 0.3) is 0 Å². The van der Waals surface area contributed by atoms with Crippen LogP contribution in [-0.4, -0.2) is 73.4 Å². The molecule has 3 N–H and O–H groups in total. The van der Waals surface area contributed by atoms with E-state index in [9.17, 15) is 19.4 Å². The molecule has 1 amide bonds. The van der Waals surface area contributed by atoms with E-state index in [4.69, 9.17) is 9.05 Å². The molecule has 0 aliphatic carbocycles. The lowest BCUT2D eigenvalue weighted by Gasteiger charge is -2.25. The van der Waals surface area contributed by atoms with Crippen LogP contribution >= 0.6 is 7.82 Å². The third-order valence-electron chi connectivity index (χ3n) is 12.8. The van der Waals surface area contributed by atoms with Crippen LogP contribution in [0.2, 0.25) is 0 Å². The Kier molecular flexibility index (Phi) is 47.8. The van der Waals surface area contributed by atoms with Crippen molar-refractivity contribution >= 4 is 13.7 Å².